The minimum atomic E-state index is -1.17. The van der Waals surface area contributed by atoms with E-state index in [-0.39, 0.29) is 18.3 Å². The molecule has 1 aromatic rings. The highest BCUT2D eigenvalue weighted by atomic mass is 19.2. The predicted octanol–water partition coefficient (Wildman–Crippen LogP) is 2.44. The Morgan fingerprint density at radius 3 is 2.80 bits per heavy atom. The Balaban J connectivity index is 2.49. The maximum absolute atomic E-state index is 14.1. The lowest BCUT2D eigenvalue weighted by Gasteiger charge is -2.39. The second kappa shape index (κ2) is 5.70. The summed E-state index contributed by atoms with van der Waals surface area (Å²) in [7, 11) is 0. The molecule has 0 saturated carbocycles. The van der Waals surface area contributed by atoms with Crippen molar-refractivity contribution in [3.8, 4) is 0 Å². The highest BCUT2D eigenvalue weighted by molar-refractivity contribution is 5.65. The Hall–Kier alpha value is -1.76. The summed E-state index contributed by atoms with van der Waals surface area (Å²) in [5.74, 6) is -1.84. The van der Waals surface area contributed by atoms with E-state index >= 15 is 0 Å². The number of nitrogens with two attached hydrogens (primary N) is 1. The molecule has 0 spiro atoms. The molecule has 1 saturated heterocycles. The summed E-state index contributed by atoms with van der Waals surface area (Å²) in [6.07, 6.45) is 1.48. The second-order valence-electron chi connectivity index (χ2n) is 5.20. The summed E-state index contributed by atoms with van der Waals surface area (Å²) < 4.78 is 27.5. The number of benzene rings is 1. The number of rotatable bonds is 3. The van der Waals surface area contributed by atoms with Crippen molar-refractivity contribution in [2.45, 2.75) is 25.8 Å². The molecule has 1 fully saturated rings. The molecule has 1 aromatic carbocycles. The first-order valence-electron chi connectivity index (χ1n) is 6.54. The monoisotopic (exact) mass is 285 g/mol. The van der Waals surface area contributed by atoms with Gasteiger partial charge in [-0.25, -0.2) is 8.78 Å². The summed E-state index contributed by atoms with van der Waals surface area (Å²) in [6, 6.07) is 1.56. The van der Waals surface area contributed by atoms with Gasteiger partial charge in [0.15, 0.2) is 17.3 Å². The topological polar surface area (TPSA) is 72.4 Å². The molecule has 5 nitrogen and oxygen atoms in total. The van der Waals surface area contributed by atoms with Gasteiger partial charge in [-0.1, -0.05) is 6.92 Å². The van der Waals surface area contributed by atoms with Crippen molar-refractivity contribution in [2.75, 3.05) is 18.0 Å². The summed E-state index contributed by atoms with van der Waals surface area (Å²) in [6.45, 7) is 2.73. The van der Waals surface area contributed by atoms with Crippen molar-refractivity contribution < 1.29 is 13.7 Å². The molecule has 1 aliphatic rings. The average Bonchev–Trinajstić information content (AvgIpc) is 2.41. The molecule has 0 aromatic heterocycles. The third kappa shape index (κ3) is 2.58. The molecular weight excluding hydrogens is 268 g/mol. The van der Waals surface area contributed by atoms with Crippen LogP contribution in [0.5, 0.6) is 0 Å². The molecular formula is C13H17F2N3O2. The summed E-state index contributed by atoms with van der Waals surface area (Å²) >= 11 is 0. The number of nitro groups is 1. The number of hydrogen-bond acceptors (Lipinski definition) is 4. The lowest BCUT2D eigenvalue weighted by Crippen LogP contribution is -2.47. The molecule has 2 rings (SSSR count). The van der Waals surface area contributed by atoms with Crippen molar-refractivity contribution in [3.05, 3.63) is 33.9 Å². The number of anilines is 1. The first-order chi connectivity index (χ1) is 9.45. The fraction of sp³-hybridized carbons (Fsp3) is 0.538. The molecule has 2 N–H and O–H groups in total. The van der Waals surface area contributed by atoms with Crippen LogP contribution in [0.4, 0.5) is 20.2 Å². The standard InChI is InChI=1S/C13H17F2N3O2/c1-8-4-5-17(9(6-8)7-16)13-11(18(19)20)3-2-10(14)12(13)15/h2-3,8-9H,4-7,16H2,1H3. The van der Waals surface area contributed by atoms with Crippen LogP contribution in [0.2, 0.25) is 0 Å². The van der Waals surface area contributed by atoms with Crippen LogP contribution in [-0.4, -0.2) is 24.1 Å². The third-order valence-corrected chi connectivity index (χ3v) is 3.78. The molecule has 0 aliphatic carbocycles. The predicted molar refractivity (Wildman–Crippen MR) is 71.6 cm³/mol. The lowest BCUT2D eigenvalue weighted by molar-refractivity contribution is -0.384. The lowest BCUT2D eigenvalue weighted by atomic mass is 9.91. The van der Waals surface area contributed by atoms with E-state index in [1.54, 1.807) is 0 Å². The molecule has 0 radical (unpaired) electrons. The maximum Gasteiger partial charge on any atom is 0.295 e. The van der Waals surface area contributed by atoms with E-state index in [0.717, 1.165) is 18.6 Å². The van der Waals surface area contributed by atoms with E-state index in [1.807, 2.05) is 0 Å². The molecule has 0 bridgehead atoms. The van der Waals surface area contributed by atoms with E-state index < -0.39 is 22.2 Å². The molecule has 2 unspecified atom stereocenters. The van der Waals surface area contributed by atoms with Crippen LogP contribution in [0, 0.1) is 27.7 Å². The maximum atomic E-state index is 14.1. The van der Waals surface area contributed by atoms with Gasteiger partial charge in [0.1, 0.15) is 0 Å². The van der Waals surface area contributed by atoms with Gasteiger partial charge < -0.3 is 10.6 Å². The van der Waals surface area contributed by atoms with Gasteiger partial charge in [-0.05, 0) is 24.8 Å². The van der Waals surface area contributed by atoms with Gasteiger partial charge >= 0.3 is 0 Å². The van der Waals surface area contributed by atoms with Crippen molar-refractivity contribution in [3.63, 3.8) is 0 Å². The van der Waals surface area contributed by atoms with Gasteiger partial charge in [0, 0.05) is 25.2 Å². The minimum absolute atomic E-state index is 0.214. The van der Waals surface area contributed by atoms with Crippen LogP contribution in [0.25, 0.3) is 0 Å². The fourth-order valence-corrected chi connectivity index (χ4v) is 2.72. The molecule has 1 aliphatic heterocycles. The van der Waals surface area contributed by atoms with Gasteiger partial charge in [-0.3, -0.25) is 10.1 Å². The van der Waals surface area contributed by atoms with Crippen LogP contribution in [0.1, 0.15) is 19.8 Å². The first kappa shape index (κ1) is 14.6. The highest BCUT2D eigenvalue weighted by Gasteiger charge is 2.33. The molecule has 2 atom stereocenters. The largest absolute Gasteiger partial charge is 0.359 e. The third-order valence-electron chi connectivity index (χ3n) is 3.78. The van der Waals surface area contributed by atoms with Gasteiger partial charge in [-0.15, -0.1) is 0 Å². The Morgan fingerprint density at radius 1 is 1.50 bits per heavy atom. The van der Waals surface area contributed by atoms with Gasteiger partial charge in [0.25, 0.3) is 5.69 Å². The Labute approximate surface area is 115 Å². The van der Waals surface area contributed by atoms with E-state index in [2.05, 4.69) is 6.92 Å². The van der Waals surface area contributed by atoms with Crippen molar-refractivity contribution >= 4 is 11.4 Å². The first-order valence-corrected chi connectivity index (χ1v) is 6.54. The zero-order valence-corrected chi connectivity index (χ0v) is 11.2. The van der Waals surface area contributed by atoms with Gasteiger partial charge in [-0.2, -0.15) is 0 Å². The summed E-state index contributed by atoms with van der Waals surface area (Å²) in [5, 5.41) is 11.0. The quantitative estimate of drug-likeness (QED) is 0.684. The fourth-order valence-electron chi connectivity index (χ4n) is 2.72. The highest BCUT2D eigenvalue weighted by Crippen LogP contribution is 2.37. The number of piperidine rings is 1. The van der Waals surface area contributed by atoms with E-state index in [0.29, 0.717) is 18.9 Å². The molecule has 1 heterocycles. The Kier molecular flexibility index (Phi) is 4.17. The summed E-state index contributed by atoms with van der Waals surface area (Å²) in [4.78, 5) is 11.9. The van der Waals surface area contributed by atoms with Gasteiger partial charge in [0.05, 0.1) is 4.92 Å². The van der Waals surface area contributed by atoms with Crippen molar-refractivity contribution in [2.24, 2.45) is 11.7 Å². The smallest absolute Gasteiger partial charge is 0.295 e. The number of hydrogen-bond donors (Lipinski definition) is 1. The molecule has 0 amide bonds. The molecule has 110 valence electrons. The van der Waals surface area contributed by atoms with Crippen LogP contribution < -0.4 is 10.6 Å². The SMILES string of the molecule is CC1CCN(c2c([N+](=O)[O-])ccc(F)c2F)C(CN)C1. The van der Waals surface area contributed by atoms with Gasteiger partial charge in [0.2, 0.25) is 0 Å². The zero-order chi connectivity index (χ0) is 14.9. The Morgan fingerprint density at radius 2 is 2.20 bits per heavy atom. The zero-order valence-electron chi connectivity index (χ0n) is 11.2. The Bertz CT molecular complexity index is 525. The van der Waals surface area contributed by atoms with Crippen molar-refractivity contribution in [1.82, 2.24) is 0 Å². The minimum Gasteiger partial charge on any atom is -0.359 e. The van der Waals surface area contributed by atoms with Crippen LogP contribution in [0.3, 0.4) is 0 Å². The van der Waals surface area contributed by atoms with Crippen molar-refractivity contribution in [1.29, 1.82) is 0 Å². The summed E-state index contributed by atoms with van der Waals surface area (Å²) in [5.41, 5.74) is 4.98. The number of nitrogens with zero attached hydrogens (tertiary/aromatic N) is 2. The molecule has 20 heavy (non-hydrogen) atoms. The normalized spacial score (nSPS) is 22.9. The molecule has 7 heteroatoms. The second-order valence-corrected chi connectivity index (χ2v) is 5.20. The van der Waals surface area contributed by atoms with E-state index in [9.17, 15) is 18.9 Å². The number of halogens is 2. The van der Waals surface area contributed by atoms with Crippen LogP contribution in [0.15, 0.2) is 12.1 Å². The number of nitro benzene ring substituents is 1. The van der Waals surface area contributed by atoms with Crippen LogP contribution in [-0.2, 0) is 0 Å². The average molecular weight is 285 g/mol. The van der Waals surface area contributed by atoms with E-state index in [1.165, 1.54) is 4.90 Å². The van der Waals surface area contributed by atoms with E-state index in [4.69, 9.17) is 5.73 Å². The van der Waals surface area contributed by atoms with Crippen LogP contribution >= 0.6 is 0 Å².